The van der Waals surface area contributed by atoms with Gasteiger partial charge in [-0.25, -0.2) is 0 Å². The van der Waals surface area contributed by atoms with Gasteiger partial charge in [-0.2, -0.15) is 9.47 Å². The third-order valence-corrected chi connectivity index (χ3v) is 2.98. The molecule has 1 heterocycles. The number of nitrogens with zero attached hydrogens (tertiary/aromatic N) is 2. The van der Waals surface area contributed by atoms with E-state index in [1.807, 2.05) is 31.2 Å². The topological polar surface area (TPSA) is 51.3 Å². The molecule has 2 aromatic rings. The van der Waals surface area contributed by atoms with E-state index in [1.54, 1.807) is 6.21 Å². The van der Waals surface area contributed by atoms with Crippen LogP contribution >= 0.6 is 11.5 Å². The summed E-state index contributed by atoms with van der Waals surface area (Å²) in [6, 6.07) is 10.1. The van der Waals surface area contributed by atoms with Gasteiger partial charge in [-0.05, 0) is 24.5 Å². The molecule has 15 heavy (non-hydrogen) atoms. The van der Waals surface area contributed by atoms with Crippen LogP contribution in [-0.4, -0.2) is 10.6 Å². The first-order valence-corrected chi connectivity index (χ1v) is 5.34. The zero-order valence-corrected chi connectivity index (χ0v) is 9.16. The number of rotatable bonds is 2. The van der Waals surface area contributed by atoms with E-state index in [2.05, 4.69) is 15.5 Å². The maximum absolute atomic E-state index is 5.17. The minimum absolute atomic E-state index is 1.02. The van der Waals surface area contributed by atoms with Crippen LogP contribution in [-0.2, 0) is 0 Å². The molecule has 0 saturated carbocycles. The molecule has 76 valence electrons. The lowest BCUT2D eigenvalue weighted by atomic mass is 10.1. The zero-order chi connectivity index (χ0) is 10.7. The molecule has 2 N–H and O–H groups in total. The summed E-state index contributed by atoms with van der Waals surface area (Å²) in [5, 5.41) is 3.56. The Morgan fingerprint density at radius 1 is 1.40 bits per heavy atom. The van der Waals surface area contributed by atoms with Crippen molar-refractivity contribution in [2.24, 2.45) is 10.9 Å². The molecular weight excluding hydrogens is 206 g/mol. The molecule has 2 rings (SSSR count). The quantitative estimate of drug-likeness (QED) is 0.477. The Morgan fingerprint density at radius 3 is 2.87 bits per heavy atom. The molecule has 0 atom stereocenters. The predicted octanol–water partition coefficient (Wildman–Crippen LogP) is 2.41. The van der Waals surface area contributed by atoms with Crippen molar-refractivity contribution in [3.63, 3.8) is 0 Å². The van der Waals surface area contributed by atoms with Crippen molar-refractivity contribution in [2.45, 2.75) is 6.92 Å². The molecule has 0 saturated heterocycles. The molecule has 0 unspecified atom stereocenters. The summed E-state index contributed by atoms with van der Waals surface area (Å²) < 4.78 is 4.26. The van der Waals surface area contributed by atoms with Crippen LogP contribution in [0.25, 0.3) is 10.4 Å². The Morgan fingerprint density at radius 2 is 2.20 bits per heavy atom. The minimum atomic E-state index is 1.02. The smallest absolute Gasteiger partial charge is 0.0559 e. The maximum atomic E-state index is 5.17. The lowest BCUT2D eigenvalue weighted by Gasteiger charge is -2.00. The largest absolute Gasteiger partial charge is 0.323 e. The number of benzene rings is 1. The second-order valence-corrected chi connectivity index (χ2v) is 4.00. The van der Waals surface area contributed by atoms with Crippen LogP contribution in [0.3, 0.4) is 0 Å². The van der Waals surface area contributed by atoms with Gasteiger partial charge in [-0.1, -0.05) is 24.3 Å². The second-order valence-electron chi connectivity index (χ2n) is 3.20. The fourth-order valence-electron chi connectivity index (χ4n) is 1.40. The first-order chi connectivity index (χ1) is 7.31. The van der Waals surface area contributed by atoms with Gasteiger partial charge in [0.2, 0.25) is 0 Å². The Bertz CT molecular complexity index is 488. The van der Waals surface area contributed by atoms with E-state index in [9.17, 15) is 0 Å². The lowest BCUT2D eigenvalue weighted by Crippen LogP contribution is -1.89. The first-order valence-electron chi connectivity index (χ1n) is 4.57. The highest BCUT2D eigenvalue weighted by molar-refractivity contribution is 7.09. The van der Waals surface area contributed by atoms with Crippen molar-refractivity contribution in [3.8, 4) is 10.4 Å². The normalized spacial score (nSPS) is 11.0. The molecule has 1 aromatic carbocycles. The van der Waals surface area contributed by atoms with E-state index in [0.29, 0.717) is 0 Å². The Kier molecular flexibility index (Phi) is 2.78. The number of nitrogens with two attached hydrogens (primary N) is 1. The van der Waals surface area contributed by atoms with Gasteiger partial charge in [0.1, 0.15) is 0 Å². The van der Waals surface area contributed by atoms with Crippen LogP contribution in [0, 0.1) is 6.92 Å². The van der Waals surface area contributed by atoms with Gasteiger partial charge in [0.05, 0.1) is 16.8 Å². The molecule has 0 aliphatic rings. The minimum Gasteiger partial charge on any atom is -0.323 e. The molecule has 1 aromatic heterocycles. The third kappa shape index (κ3) is 2.05. The molecule has 0 aliphatic carbocycles. The van der Waals surface area contributed by atoms with E-state index < -0.39 is 0 Å². The van der Waals surface area contributed by atoms with Crippen molar-refractivity contribution in [1.29, 1.82) is 0 Å². The summed E-state index contributed by atoms with van der Waals surface area (Å²) in [5.74, 6) is 5.17. The van der Waals surface area contributed by atoms with Crippen molar-refractivity contribution in [2.75, 3.05) is 0 Å². The number of hydrogen-bond acceptors (Lipinski definition) is 4. The average molecular weight is 217 g/mol. The van der Waals surface area contributed by atoms with Gasteiger partial charge in [0.25, 0.3) is 0 Å². The van der Waals surface area contributed by atoms with E-state index in [-0.39, 0.29) is 0 Å². The number of aryl methyl sites for hydroxylation is 1. The summed E-state index contributed by atoms with van der Waals surface area (Å²) in [6.07, 6.45) is 1.66. The molecule has 0 aliphatic heterocycles. The van der Waals surface area contributed by atoms with Crippen molar-refractivity contribution >= 4 is 17.7 Å². The SMILES string of the molecule is Cc1cc(-c2ccccc2C=NN)sn1. The van der Waals surface area contributed by atoms with Gasteiger partial charge in [-0.3, -0.25) is 0 Å². The second kappa shape index (κ2) is 4.23. The molecule has 0 radical (unpaired) electrons. The summed E-state index contributed by atoms with van der Waals surface area (Å²) in [6.45, 7) is 1.99. The molecule has 0 spiro atoms. The first kappa shape index (κ1) is 9.86. The fourth-order valence-corrected chi connectivity index (χ4v) is 2.21. The Balaban J connectivity index is 2.52. The number of aromatic nitrogens is 1. The van der Waals surface area contributed by atoms with E-state index >= 15 is 0 Å². The van der Waals surface area contributed by atoms with E-state index in [4.69, 9.17) is 5.84 Å². The van der Waals surface area contributed by atoms with Gasteiger partial charge in [-0.15, -0.1) is 0 Å². The van der Waals surface area contributed by atoms with Crippen molar-refractivity contribution in [1.82, 2.24) is 4.37 Å². The summed E-state index contributed by atoms with van der Waals surface area (Å²) >= 11 is 1.49. The number of hydrogen-bond donors (Lipinski definition) is 1. The van der Waals surface area contributed by atoms with Crippen LogP contribution in [0.2, 0.25) is 0 Å². The third-order valence-electron chi connectivity index (χ3n) is 2.07. The Hall–Kier alpha value is -1.68. The highest BCUT2D eigenvalue weighted by Crippen LogP contribution is 2.26. The van der Waals surface area contributed by atoms with Crippen molar-refractivity contribution in [3.05, 3.63) is 41.6 Å². The maximum Gasteiger partial charge on any atom is 0.0559 e. The van der Waals surface area contributed by atoms with Gasteiger partial charge >= 0.3 is 0 Å². The molecule has 0 amide bonds. The van der Waals surface area contributed by atoms with Gasteiger partial charge in [0, 0.05) is 11.1 Å². The van der Waals surface area contributed by atoms with Gasteiger partial charge in [0.15, 0.2) is 0 Å². The number of hydrazone groups is 1. The van der Waals surface area contributed by atoms with Crippen LogP contribution < -0.4 is 5.84 Å². The average Bonchev–Trinajstić information content (AvgIpc) is 2.66. The molecule has 0 bridgehead atoms. The Labute approximate surface area is 92.4 Å². The van der Waals surface area contributed by atoms with Crippen LogP contribution in [0.5, 0.6) is 0 Å². The summed E-state index contributed by atoms with van der Waals surface area (Å²) in [7, 11) is 0. The van der Waals surface area contributed by atoms with Crippen LogP contribution in [0.1, 0.15) is 11.3 Å². The van der Waals surface area contributed by atoms with Crippen LogP contribution in [0.4, 0.5) is 0 Å². The molecule has 0 fully saturated rings. The standard InChI is InChI=1S/C11H11N3S/c1-8-6-11(15-14-8)10-5-3-2-4-9(10)7-13-12/h2-7H,12H2,1H3. The highest BCUT2D eigenvalue weighted by atomic mass is 32.1. The zero-order valence-electron chi connectivity index (χ0n) is 8.34. The van der Waals surface area contributed by atoms with Gasteiger partial charge < -0.3 is 5.84 Å². The van der Waals surface area contributed by atoms with Crippen molar-refractivity contribution < 1.29 is 0 Å². The molecular formula is C11H11N3S. The summed E-state index contributed by atoms with van der Waals surface area (Å²) in [5.41, 5.74) is 3.18. The molecule has 3 nitrogen and oxygen atoms in total. The highest BCUT2D eigenvalue weighted by Gasteiger charge is 2.05. The van der Waals surface area contributed by atoms with Crippen LogP contribution in [0.15, 0.2) is 35.4 Å². The molecule has 4 heteroatoms. The van der Waals surface area contributed by atoms with E-state index in [1.165, 1.54) is 11.5 Å². The lowest BCUT2D eigenvalue weighted by molar-refractivity contribution is 1.26. The fraction of sp³-hybridized carbons (Fsp3) is 0.0909. The summed E-state index contributed by atoms with van der Waals surface area (Å²) in [4.78, 5) is 1.14. The monoisotopic (exact) mass is 217 g/mol. The van der Waals surface area contributed by atoms with E-state index in [0.717, 1.165) is 21.7 Å². The predicted molar refractivity (Wildman–Crippen MR) is 64.1 cm³/mol.